The number of thiophene rings is 1. The van der Waals surface area contributed by atoms with Crippen LogP contribution in [0.3, 0.4) is 0 Å². The van der Waals surface area contributed by atoms with Crippen molar-refractivity contribution < 1.29 is 14.3 Å². The smallest absolute Gasteiger partial charge is 0.328 e. The number of hydrogen-bond acceptors (Lipinski definition) is 4. The molecule has 1 aromatic heterocycles. The zero-order valence-corrected chi connectivity index (χ0v) is 13.6. The van der Waals surface area contributed by atoms with Crippen LogP contribution < -0.4 is 5.32 Å². The number of esters is 1. The van der Waals surface area contributed by atoms with E-state index in [4.69, 9.17) is 16.3 Å². The lowest BCUT2D eigenvalue weighted by Crippen LogP contribution is -2.40. The summed E-state index contributed by atoms with van der Waals surface area (Å²) >= 11 is 7.39. The molecule has 1 N–H and O–H groups in total. The number of rotatable bonds is 6. The number of halogens is 1. The number of ether oxygens (including phenoxy) is 1. The van der Waals surface area contributed by atoms with Gasteiger partial charge in [-0.1, -0.05) is 29.8 Å². The summed E-state index contributed by atoms with van der Waals surface area (Å²) in [6, 6.07) is 10.2. The molecule has 0 fully saturated rings. The van der Waals surface area contributed by atoms with Gasteiger partial charge >= 0.3 is 5.97 Å². The first kappa shape index (κ1) is 16.5. The van der Waals surface area contributed by atoms with Crippen LogP contribution in [0.4, 0.5) is 0 Å². The summed E-state index contributed by atoms with van der Waals surface area (Å²) in [6.45, 7) is 1.83. The first-order valence-corrected chi connectivity index (χ1v) is 8.03. The van der Waals surface area contributed by atoms with Gasteiger partial charge in [0.1, 0.15) is 12.6 Å². The molecule has 1 aromatic carbocycles. The van der Waals surface area contributed by atoms with E-state index in [2.05, 4.69) is 5.32 Å². The molecule has 0 aliphatic carbocycles. The van der Waals surface area contributed by atoms with E-state index in [1.165, 1.54) is 11.3 Å². The molecule has 2 aromatic rings. The van der Waals surface area contributed by atoms with Crippen LogP contribution in [0.15, 0.2) is 41.8 Å². The Morgan fingerprint density at radius 3 is 2.82 bits per heavy atom. The Morgan fingerprint density at radius 2 is 2.14 bits per heavy atom. The molecule has 1 amide bonds. The monoisotopic (exact) mass is 337 g/mol. The summed E-state index contributed by atoms with van der Waals surface area (Å²) < 4.78 is 5.15. The van der Waals surface area contributed by atoms with Crippen LogP contribution in [0.5, 0.6) is 0 Å². The minimum atomic E-state index is -0.688. The Labute approximate surface area is 138 Å². The molecule has 1 heterocycles. The van der Waals surface area contributed by atoms with Crippen LogP contribution in [0, 0.1) is 0 Å². The number of carbonyl (C=O) groups is 2. The molecule has 116 valence electrons. The van der Waals surface area contributed by atoms with E-state index in [-0.39, 0.29) is 18.9 Å². The average molecular weight is 338 g/mol. The largest absolute Gasteiger partial charge is 0.458 e. The SMILES string of the molecule is CC(NC(=O)Cc1cccc(Cl)c1)C(=O)OCc1cccs1. The van der Waals surface area contributed by atoms with E-state index >= 15 is 0 Å². The van der Waals surface area contributed by atoms with Crippen molar-refractivity contribution in [2.75, 3.05) is 0 Å². The first-order chi connectivity index (χ1) is 10.5. The van der Waals surface area contributed by atoms with Gasteiger partial charge in [-0.3, -0.25) is 4.79 Å². The zero-order valence-electron chi connectivity index (χ0n) is 12.0. The van der Waals surface area contributed by atoms with Crippen molar-refractivity contribution in [3.63, 3.8) is 0 Å². The van der Waals surface area contributed by atoms with E-state index in [9.17, 15) is 9.59 Å². The summed E-state index contributed by atoms with van der Waals surface area (Å²) in [6.07, 6.45) is 0.170. The fourth-order valence-corrected chi connectivity index (χ4v) is 2.67. The molecule has 0 spiro atoms. The van der Waals surface area contributed by atoms with E-state index in [0.717, 1.165) is 10.4 Å². The third-order valence-electron chi connectivity index (χ3n) is 2.92. The summed E-state index contributed by atoms with van der Waals surface area (Å²) in [5, 5.41) is 5.12. The molecule has 22 heavy (non-hydrogen) atoms. The molecular formula is C16H16ClNO3S. The van der Waals surface area contributed by atoms with Crippen molar-refractivity contribution in [3.05, 3.63) is 57.2 Å². The molecular weight excluding hydrogens is 322 g/mol. The highest BCUT2D eigenvalue weighted by atomic mass is 35.5. The summed E-state index contributed by atoms with van der Waals surface area (Å²) in [5.41, 5.74) is 0.796. The predicted molar refractivity (Wildman–Crippen MR) is 86.9 cm³/mol. The topological polar surface area (TPSA) is 55.4 Å². The number of hydrogen-bond donors (Lipinski definition) is 1. The molecule has 0 bridgehead atoms. The van der Waals surface area contributed by atoms with Crippen LogP contribution in [-0.4, -0.2) is 17.9 Å². The van der Waals surface area contributed by atoms with Crippen LogP contribution >= 0.6 is 22.9 Å². The second kappa shape index (κ2) is 7.96. The summed E-state index contributed by atoms with van der Waals surface area (Å²) in [7, 11) is 0. The van der Waals surface area contributed by atoms with Crippen molar-refractivity contribution in [1.29, 1.82) is 0 Å². The Balaban J connectivity index is 1.79. The molecule has 4 nitrogen and oxygen atoms in total. The molecule has 0 radical (unpaired) electrons. The summed E-state index contributed by atoms with van der Waals surface area (Å²) in [4.78, 5) is 24.7. The van der Waals surface area contributed by atoms with Crippen molar-refractivity contribution in [3.8, 4) is 0 Å². The van der Waals surface area contributed by atoms with E-state index in [1.807, 2.05) is 23.6 Å². The zero-order chi connectivity index (χ0) is 15.9. The van der Waals surface area contributed by atoms with E-state index in [0.29, 0.717) is 5.02 Å². The van der Waals surface area contributed by atoms with Crippen LogP contribution in [0.25, 0.3) is 0 Å². The number of carbonyl (C=O) groups excluding carboxylic acids is 2. The Kier molecular flexibility index (Phi) is 5.98. The number of amides is 1. The molecule has 1 atom stereocenters. The molecule has 0 saturated heterocycles. The quantitative estimate of drug-likeness (QED) is 0.824. The third-order valence-corrected chi connectivity index (χ3v) is 4.01. The van der Waals surface area contributed by atoms with Crippen molar-refractivity contribution >= 4 is 34.8 Å². The maximum absolute atomic E-state index is 11.9. The van der Waals surface area contributed by atoms with Gasteiger partial charge in [-0.15, -0.1) is 11.3 Å². The Morgan fingerprint density at radius 1 is 1.32 bits per heavy atom. The van der Waals surface area contributed by atoms with Gasteiger partial charge in [-0.25, -0.2) is 4.79 Å². The second-order valence-electron chi connectivity index (χ2n) is 4.78. The number of benzene rings is 1. The molecule has 0 aliphatic rings. The fraction of sp³-hybridized carbons (Fsp3) is 0.250. The van der Waals surface area contributed by atoms with Gasteiger partial charge in [-0.05, 0) is 36.1 Å². The lowest BCUT2D eigenvalue weighted by atomic mass is 10.1. The fourth-order valence-electron chi connectivity index (χ4n) is 1.85. The molecule has 0 aliphatic heterocycles. The highest BCUT2D eigenvalue weighted by Gasteiger charge is 2.17. The maximum Gasteiger partial charge on any atom is 0.328 e. The van der Waals surface area contributed by atoms with Crippen LogP contribution in [0.2, 0.25) is 5.02 Å². The normalized spacial score (nSPS) is 11.7. The van der Waals surface area contributed by atoms with Crippen LogP contribution in [0.1, 0.15) is 17.4 Å². The average Bonchev–Trinajstić information content (AvgIpc) is 2.97. The molecule has 0 saturated carbocycles. The van der Waals surface area contributed by atoms with Gasteiger partial charge in [0.05, 0.1) is 6.42 Å². The second-order valence-corrected chi connectivity index (χ2v) is 6.25. The lowest BCUT2D eigenvalue weighted by Gasteiger charge is -2.13. The molecule has 2 rings (SSSR count). The maximum atomic E-state index is 11.9. The van der Waals surface area contributed by atoms with Gasteiger partial charge in [0.15, 0.2) is 0 Å². The standard InChI is InChI=1S/C16H16ClNO3S/c1-11(16(20)21-10-14-6-3-7-22-14)18-15(19)9-12-4-2-5-13(17)8-12/h2-8,11H,9-10H2,1H3,(H,18,19). The van der Waals surface area contributed by atoms with Crippen LogP contribution in [-0.2, 0) is 27.4 Å². The van der Waals surface area contributed by atoms with E-state index in [1.54, 1.807) is 25.1 Å². The molecule has 1 unspecified atom stereocenters. The number of nitrogens with one attached hydrogen (secondary N) is 1. The minimum Gasteiger partial charge on any atom is -0.458 e. The van der Waals surface area contributed by atoms with Gasteiger partial charge in [0.2, 0.25) is 5.91 Å². The van der Waals surface area contributed by atoms with Crippen molar-refractivity contribution in [2.24, 2.45) is 0 Å². The van der Waals surface area contributed by atoms with Gasteiger partial charge in [0, 0.05) is 9.90 Å². The minimum absolute atomic E-state index is 0.170. The summed E-state index contributed by atoms with van der Waals surface area (Å²) in [5.74, 6) is -0.698. The highest BCUT2D eigenvalue weighted by molar-refractivity contribution is 7.09. The van der Waals surface area contributed by atoms with Gasteiger partial charge in [0.25, 0.3) is 0 Å². The van der Waals surface area contributed by atoms with Gasteiger partial charge in [-0.2, -0.15) is 0 Å². The predicted octanol–water partition coefficient (Wildman–Crippen LogP) is 3.19. The van der Waals surface area contributed by atoms with Crippen molar-refractivity contribution in [2.45, 2.75) is 26.0 Å². The lowest BCUT2D eigenvalue weighted by molar-refractivity contribution is -0.148. The van der Waals surface area contributed by atoms with Gasteiger partial charge < -0.3 is 10.1 Å². The first-order valence-electron chi connectivity index (χ1n) is 6.77. The molecule has 6 heteroatoms. The Bertz CT molecular complexity index is 643. The highest BCUT2D eigenvalue weighted by Crippen LogP contribution is 2.12. The third kappa shape index (κ3) is 5.16. The van der Waals surface area contributed by atoms with Crippen molar-refractivity contribution in [1.82, 2.24) is 5.32 Å². The Hall–Kier alpha value is -1.85. The van der Waals surface area contributed by atoms with E-state index < -0.39 is 12.0 Å².